The van der Waals surface area contributed by atoms with Gasteiger partial charge >= 0.3 is 0 Å². The SMILES string of the molecule is CCC[C@@H](CC)OC1CCNCC1. The third-order valence-corrected chi connectivity index (χ3v) is 2.74. The van der Waals surface area contributed by atoms with Gasteiger partial charge in [-0.1, -0.05) is 20.3 Å². The van der Waals surface area contributed by atoms with Crippen molar-refractivity contribution in [3.8, 4) is 0 Å². The molecule has 1 saturated heterocycles. The fourth-order valence-electron chi connectivity index (χ4n) is 1.89. The maximum Gasteiger partial charge on any atom is 0.0603 e. The van der Waals surface area contributed by atoms with E-state index in [9.17, 15) is 0 Å². The van der Waals surface area contributed by atoms with Crippen molar-refractivity contribution in [1.29, 1.82) is 0 Å². The molecular weight excluding hydrogens is 162 g/mol. The standard InChI is InChI=1S/C11H23NO/c1-3-5-10(4-2)13-11-6-8-12-9-7-11/h10-12H,3-9H2,1-2H3/t10-/m1/s1. The topological polar surface area (TPSA) is 21.3 Å². The highest BCUT2D eigenvalue weighted by Gasteiger charge is 2.17. The third kappa shape index (κ3) is 4.10. The fourth-order valence-corrected chi connectivity index (χ4v) is 1.89. The lowest BCUT2D eigenvalue weighted by molar-refractivity contribution is -0.0317. The van der Waals surface area contributed by atoms with E-state index < -0.39 is 0 Å². The molecule has 1 N–H and O–H groups in total. The molecule has 78 valence electrons. The largest absolute Gasteiger partial charge is 0.375 e. The molecule has 0 amide bonds. The summed E-state index contributed by atoms with van der Waals surface area (Å²) in [6, 6.07) is 0. The number of nitrogens with one attached hydrogen (secondary N) is 1. The Labute approximate surface area is 82.0 Å². The molecule has 0 aromatic carbocycles. The molecule has 0 aromatic heterocycles. The summed E-state index contributed by atoms with van der Waals surface area (Å²) in [7, 11) is 0. The molecule has 0 radical (unpaired) electrons. The molecule has 13 heavy (non-hydrogen) atoms. The van der Waals surface area contributed by atoms with Gasteiger partial charge in [-0.2, -0.15) is 0 Å². The van der Waals surface area contributed by atoms with Gasteiger partial charge < -0.3 is 10.1 Å². The van der Waals surface area contributed by atoms with Gasteiger partial charge in [-0.15, -0.1) is 0 Å². The second-order valence-electron chi connectivity index (χ2n) is 3.90. The van der Waals surface area contributed by atoms with E-state index in [1.54, 1.807) is 0 Å². The lowest BCUT2D eigenvalue weighted by Gasteiger charge is -2.27. The number of hydrogen-bond acceptors (Lipinski definition) is 2. The van der Waals surface area contributed by atoms with Crippen LogP contribution in [0, 0.1) is 0 Å². The van der Waals surface area contributed by atoms with Gasteiger partial charge in [0.05, 0.1) is 12.2 Å². The van der Waals surface area contributed by atoms with E-state index in [0.29, 0.717) is 12.2 Å². The molecule has 1 aliphatic rings. The Bertz CT molecular complexity index is 119. The lowest BCUT2D eigenvalue weighted by atomic mass is 10.1. The van der Waals surface area contributed by atoms with E-state index in [1.807, 2.05) is 0 Å². The number of ether oxygens (including phenoxy) is 1. The van der Waals surface area contributed by atoms with Crippen LogP contribution in [0.3, 0.4) is 0 Å². The second-order valence-corrected chi connectivity index (χ2v) is 3.90. The second kappa shape index (κ2) is 6.39. The smallest absolute Gasteiger partial charge is 0.0603 e. The summed E-state index contributed by atoms with van der Waals surface area (Å²) < 4.78 is 6.04. The van der Waals surface area contributed by atoms with Crippen LogP contribution in [-0.2, 0) is 4.74 Å². The van der Waals surface area contributed by atoms with E-state index in [0.717, 1.165) is 19.5 Å². The molecule has 0 aromatic rings. The Morgan fingerprint density at radius 3 is 2.54 bits per heavy atom. The van der Waals surface area contributed by atoms with E-state index >= 15 is 0 Å². The predicted octanol–water partition coefficient (Wildman–Crippen LogP) is 2.33. The molecule has 0 bridgehead atoms. The quantitative estimate of drug-likeness (QED) is 0.710. The summed E-state index contributed by atoms with van der Waals surface area (Å²) in [5, 5.41) is 3.36. The van der Waals surface area contributed by atoms with Gasteiger partial charge in [0.1, 0.15) is 0 Å². The third-order valence-electron chi connectivity index (χ3n) is 2.74. The summed E-state index contributed by atoms with van der Waals surface area (Å²) in [4.78, 5) is 0. The summed E-state index contributed by atoms with van der Waals surface area (Å²) in [6.45, 7) is 6.72. The molecule has 1 heterocycles. The molecule has 1 atom stereocenters. The van der Waals surface area contributed by atoms with Crippen LogP contribution in [0.15, 0.2) is 0 Å². The Kier molecular flexibility index (Phi) is 5.40. The van der Waals surface area contributed by atoms with Crippen LogP contribution in [0.5, 0.6) is 0 Å². The van der Waals surface area contributed by atoms with E-state index in [2.05, 4.69) is 19.2 Å². The average Bonchev–Trinajstić information content (AvgIpc) is 2.19. The monoisotopic (exact) mass is 185 g/mol. The van der Waals surface area contributed by atoms with Crippen molar-refractivity contribution in [2.24, 2.45) is 0 Å². The summed E-state index contributed by atoms with van der Waals surface area (Å²) >= 11 is 0. The Morgan fingerprint density at radius 2 is 2.00 bits per heavy atom. The molecule has 0 aliphatic carbocycles. The number of rotatable bonds is 5. The molecule has 2 nitrogen and oxygen atoms in total. The van der Waals surface area contributed by atoms with Crippen molar-refractivity contribution in [3.63, 3.8) is 0 Å². The Hall–Kier alpha value is -0.0800. The normalized spacial score (nSPS) is 21.7. The summed E-state index contributed by atoms with van der Waals surface area (Å²) in [5.74, 6) is 0. The van der Waals surface area contributed by atoms with Gasteiger partial charge in [0.2, 0.25) is 0 Å². The Balaban J connectivity index is 2.18. The maximum absolute atomic E-state index is 6.04. The van der Waals surface area contributed by atoms with Crippen LogP contribution in [0.25, 0.3) is 0 Å². The van der Waals surface area contributed by atoms with Gasteiger partial charge in [-0.05, 0) is 38.8 Å². The zero-order chi connectivity index (χ0) is 9.52. The fraction of sp³-hybridized carbons (Fsp3) is 1.00. The highest BCUT2D eigenvalue weighted by Crippen LogP contribution is 2.15. The predicted molar refractivity (Wildman–Crippen MR) is 56.0 cm³/mol. The Morgan fingerprint density at radius 1 is 1.31 bits per heavy atom. The highest BCUT2D eigenvalue weighted by molar-refractivity contribution is 4.70. The summed E-state index contributed by atoms with van der Waals surface area (Å²) in [5.41, 5.74) is 0. The zero-order valence-corrected chi connectivity index (χ0v) is 9.01. The molecule has 1 fully saturated rings. The zero-order valence-electron chi connectivity index (χ0n) is 9.01. The van der Waals surface area contributed by atoms with Gasteiger partial charge in [-0.3, -0.25) is 0 Å². The van der Waals surface area contributed by atoms with Crippen LogP contribution in [-0.4, -0.2) is 25.3 Å². The number of piperidine rings is 1. The van der Waals surface area contributed by atoms with Crippen LogP contribution in [0.2, 0.25) is 0 Å². The van der Waals surface area contributed by atoms with E-state index in [1.165, 1.54) is 25.7 Å². The van der Waals surface area contributed by atoms with Gasteiger partial charge in [-0.25, -0.2) is 0 Å². The minimum atomic E-state index is 0.507. The van der Waals surface area contributed by atoms with E-state index in [-0.39, 0.29) is 0 Å². The first-order valence-electron chi connectivity index (χ1n) is 5.73. The van der Waals surface area contributed by atoms with Crippen LogP contribution in [0.4, 0.5) is 0 Å². The average molecular weight is 185 g/mol. The van der Waals surface area contributed by atoms with Gasteiger partial charge in [0.15, 0.2) is 0 Å². The van der Waals surface area contributed by atoms with Crippen molar-refractivity contribution >= 4 is 0 Å². The maximum atomic E-state index is 6.04. The lowest BCUT2D eigenvalue weighted by Crippen LogP contribution is -2.34. The van der Waals surface area contributed by atoms with Gasteiger partial charge in [0, 0.05) is 0 Å². The molecule has 0 saturated carbocycles. The van der Waals surface area contributed by atoms with Crippen molar-refractivity contribution in [2.45, 2.75) is 58.2 Å². The molecule has 1 aliphatic heterocycles. The van der Waals surface area contributed by atoms with Crippen molar-refractivity contribution in [2.75, 3.05) is 13.1 Å². The van der Waals surface area contributed by atoms with Crippen molar-refractivity contribution < 1.29 is 4.74 Å². The van der Waals surface area contributed by atoms with Crippen LogP contribution >= 0.6 is 0 Å². The van der Waals surface area contributed by atoms with Crippen LogP contribution in [0.1, 0.15) is 46.0 Å². The molecule has 0 unspecified atom stereocenters. The molecule has 1 rings (SSSR count). The highest BCUT2D eigenvalue weighted by atomic mass is 16.5. The van der Waals surface area contributed by atoms with Gasteiger partial charge in [0.25, 0.3) is 0 Å². The van der Waals surface area contributed by atoms with Crippen molar-refractivity contribution in [3.05, 3.63) is 0 Å². The first-order chi connectivity index (χ1) is 6.36. The molecule has 0 spiro atoms. The molecule has 2 heteroatoms. The minimum absolute atomic E-state index is 0.507. The first kappa shape index (κ1) is 11.0. The van der Waals surface area contributed by atoms with Crippen LogP contribution < -0.4 is 5.32 Å². The van der Waals surface area contributed by atoms with Crippen molar-refractivity contribution in [1.82, 2.24) is 5.32 Å². The summed E-state index contributed by atoms with van der Waals surface area (Å²) in [6.07, 6.45) is 7.05. The first-order valence-corrected chi connectivity index (χ1v) is 5.73. The minimum Gasteiger partial charge on any atom is -0.375 e. The number of hydrogen-bond donors (Lipinski definition) is 1. The van der Waals surface area contributed by atoms with E-state index in [4.69, 9.17) is 4.74 Å². The molecular formula is C11H23NO.